The van der Waals surface area contributed by atoms with Crippen molar-refractivity contribution in [1.29, 1.82) is 0 Å². The third-order valence-electron chi connectivity index (χ3n) is 7.80. The van der Waals surface area contributed by atoms with E-state index in [2.05, 4.69) is 54.8 Å². The predicted molar refractivity (Wildman–Crippen MR) is 132 cm³/mol. The second-order valence-corrected chi connectivity index (χ2v) is 10.1. The van der Waals surface area contributed by atoms with E-state index in [0.717, 1.165) is 57.1 Å². The average molecular weight is 439 g/mol. The van der Waals surface area contributed by atoms with Gasteiger partial charge < -0.3 is 9.80 Å². The number of anilines is 1. The Kier molecular flexibility index (Phi) is 4.75. The van der Waals surface area contributed by atoms with E-state index in [1.165, 1.54) is 52.1 Å². The van der Waals surface area contributed by atoms with Crippen molar-refractivity contribution in [3.8, 4) is 11.3 Å². The third kappa shape index (κ3) is 3.33. The molecule has 3 aromatic rings. The van der Waals surface area contributed by atoms with Crippen molar-refractivity contribution < 1.29 is 4.79 Å². The summed E-state index contributed by atoms with van der Waals surface area (Å²) in [4.78, 5) is 26.5. The maximum atomic E-state index is 12.0. The Morgan fingerprint density at radius 1 is 1.06 bits per heavy atom. The summed E-state index contributed by atoms with van der Waals surface area (Å²) < 4.78 is 0. The Bertz CT molecular complexity index is 1270. The summed E-state index contributed by atoms with van der Waals surface area (Å²) in [6.07, 6.45) is 6.98. The van der Waals surface area contributed by atoms with Crippen LogP contribution in [0.15, 0.2) is 49.1 Å². The minimum atomic E-state index is 0.0396. The van der Waals surface area contributed by atoms with Gasteiger partial charge in [0.25, 0.3) is 0 Å². The minimum absolute atomic E-state index is 0.0396. The number of hydrogen-bond acceptors (Lipinski definition) is 4. The summed E-state index contributed by atoms with van der Waals surface area (Å²) in [5.41, 5.74) is 6.37. The highest BCUT2D eigenvalue weighted by Crippen LogP contribution is 2.42. The lowest BCUT2D eigenvalue weighted by Crippen LogP contribution is -2.59. The molecule has 1 aromatic heterocycles. The molecule has 2 aliphatic heterocycles. The Morgan fingerprint density at radius 3 is 2.67 bits per heavy atom. The highest BCUT2D eigenvalue weighted by atomic mass is 16.2. The van der Waals surface area contributed by atoms with Gasteiger partial charge in [0.15, 0.2) is 0 Å². The summed E-state index contributed by atoms with van der Waals surface area (Å²) >= 11 is 0. The summed E-state index contributed by atoms with van der Waals surface area (Å²) in [7, 11) is 0. The molecule has 2 aromatic carbocycles. The predicted octanol–water partition coefficient (Wildman–Crippen LogP) is 4.71. The number of likely N-dealkylation sites (tertiary alicyclic amines) is 1. The summed E-state index contributed by atoms with van der Waals surface area (Å²) in [6, 6.07) is 13.1. The van der Waals surface area contributed by atoms with Crippen LogP contribution in [0.25, 0.3) is 22.0 Å². The lowest BCUT2D eigenvalue weighted by atomic mass is 9.79. The first-order valence-electron chi connectivity index (χ1n) is 12.1. The van der Waals surface area contributed by atoms with Crippen LogP contribution in [0.1, 0.15) is 36.1 Å². The average Bonchev–Trinajstić information content (AvgIpc) is 3.28. The first-order chi connectivity index (χ1) is 16.1. The zero-order valence-corrected chi connectivity index (χ0v) is 19.3. The van der Waals surface area contributed by atoms with E-state index in [-0.39, 0.29) is 11.3 Å². The smallest absolute Gasteiger partial charge is 0.245 e. The fourth-order valence-corrected chi connectivity index (χ4v) is 6.08. The van der Waals surface area contributed by atoms with Crippen molar-refractivity contribution in [3.63, 3.8) is 0 Å². The normalized spacial score (nSPS) is 18.9. The van der Waals surface area contributed by atoms with E-state index in [0.29, 0.717) is 0 Å². The maximum absolute atomic E-state index is 12.0. The Balaban J connectivity index is 1.40. The molecule has 0 bridgehead atoms. The second kappa shape index (κ2) is 7.68. The number of aryl methyl sites for hydroxylation is 2. The van der Waals surface area contributed by atoms with Crippen LogP contribution in [0.3, 0.4) is 0 Å². The largest absolute Gasteiger partial charge is 0.340 e. The molecule has 5 heteroatoms. The van der Waals surface area contributed by atoms with E-state index in [1.54, 1.807) is 0 Å². The monoisotopic (exact) mass is 438 g/mol. The number of rotatable bonds is 3. The third-order valence-corrected chi connectivity index (χ3v) is 7.80. The van der Waals surface area contributed by atoms with Crippen LogP contribution in [0.2, 0.25) is 0 Å². The molecular weight excluding hydrogens is 408 g/mol. The van der Waals surface area contributed by atoms with Gasteiger partial charge in [0.2, 0.25) is 11.9 Å². The van der Waals surface area contributed by atoms with E-state index in [4.69, 9.17) is 9.97 Å². The molecule has 0 atom stereocenters. The van der Waals surface area contributed by atoms with Gasteiger partial charge in [-0.05, 0) is 61.4 Å². The van der Waals surface area contributed by atoms with E-state index in [9.17, 15) is 4.79 Å². The highest BCUT2D eigenvalue weighted by Gasteiger charge is 2.49. The van der Waals surface area contributed by atoms with Crippen molar-refractivity contribution in [3.05, 3.63) is 65.9 Å². The van der Waals surface area contributed by atoms with Crippen LogP contribution < -0.4 is 4.90 Å². The quantitative estimate of drug-likeness (QED) is 0.556. The molecule has 0 N–H and O–H groups in total. The molecule has 6 rings (SSSR count). The molecule has 168 valence electrons. The Labute approximate surface area is 195 Å². The van der Waals surface area contributed by atoms with Crippen LogP contribution in [0, 0.1) is 12.3 Å². The van der Waals surface area contributed by atoms with Gasteiger partial charge in [-0.15, -0.1) is 0 Å². The first kappa shape index (κ1) is 20.4. The van der Waals surface area contributed by atoms with Gasteiger partial charge in [-0.3, -0.25) is 4.79 Å². The van der Waals surface area contributed by atoms with Crippen LogP contribution in [0.5, 0.6) is 0 Å². The number of aromatic nitrogens is 2. The molecule has 33 heavy (non-hydrogen) atoms. The van der Waals surface area contributed by atoms with Gasteiger partial charge in [0.05, 0.1) is 5.69 Å². The standard InChI is InChI=1S/C28H30N4O/c1-3-24(33)32-17-28(18-32)14-15-31(16-28)27-29-23-13-5-4-11-21(23)26(30-27)22-12-7-10-20-9-6-8-19(2)25(20)22/h3,6-10,12H,1,4-5,11,13-18H2,2H3. The molecule has 2 saturated heterocycles. The molecule has 0 unspecified atom stereocenters. The van der Waals surface area contributed by atoms with Crippen LogP contribution >= 0.6 is 0 Å². The van der Waals surface area contributed by atoms with E-state index < -0.39 is 0 Å². The zero-order valence-electron chi connectivity index (χ0n) is 19.3. The molecule has 0 radical (unpaired) electrons. The van der Waals surface area contributed by atoms with Gasteiger partial charge in [0.1, 0.15) is 0 Å². The molecule has 5 nitrogen and oxygen atoms in total. The number of carbonyl (C=O) groups is 1. The fourth-order valence-electron chi connectivity index (χ4n) is 6.08. The summed E-state index contributed by atoms with van der Waals surface area (Å²) in [5.74, 6) is 0.902. The van der Waals surface area contributed by atoms with Crippen molar-refractivity contribution in [2.45, 2.75) is 39.0 Å². The number of benzene rings is 2. The molecule has 1 aliphatic carbocycles. The lowest BCUT2D eigenvalue weighted by Gasteiger charge is -2.47. The van der Waals surface area contributed by atoms with Crippen LogP contribution in [-0.2, 0) is 17.6 Å². The van der Waals surface area contributed by atoms with Crippen molar-refractivity contribution >= 4 is 22.6 Å². The van der Waals surface area contributed by atoms with Crippen molar-refractivity contribution in [1.82, 2.24) is 14.9 Å². The maximum Gasteiger partial charge on any atom is 0.245 e. The van der Waals surface area contributed by atoms with Gasteiger partial charge >= 0.3 is 0 Å². The Hall–Kier alpha value is -3.21. The number of hydrogen-bond donors (Lipinski definition) is 0. The number of fused-ring (bicyclic) bond motifs is 2. The van der Waals surface area contributed by atoms with Crippen LogP contribution in [0.4, 0.5) is 5.95 Å². The number of amides is 1. The van der Waals surface area contributed by atoms with Gasteiger partial charge in [-0.1, -0.05) is 43.0 Å². The number of nitrogens with zero attached hydrogens (tertiary/aromatic N) is 4. The molecule has 1 spiro atoms. The summed E-state index contributed by atoms with van der Waals surface area (Å²) in [6.45, 7) is 9.31. The van der Waals surface area contributed by atoms with Gasteiger partial charge in [-0.2, -0.15) is 0 Å². The molecule has 3 heterocycles. The second-order valence-electron chi connectivity index (χ2n) is 10.1. The van der Waals surface area contributed by atoms with Gasteiger partial charge in [0, 0.05) is 48.4 Å². The zero-order chi connectivity index (χ0) is 22.6. The fraction of sp³-hybridized carbons (Fsp3) is 0.393. The SMILES string of the molecule is C=CC(=O)N1CC2(CCN(c3nc4c(c(-c5cccc6cccc(C)c56)n3)CCCC4)C2)C1. The molecule has 0 saturated carbocycles. The topological polar surface area (TPSA) is 49.3 Å². The van der Waals surface area contributed by atoms with Crippen molar-refractivity contribution in [2.75, 3.05) is 31.1 Å². The molecule has 2 fully saturated rings. The highest BCUT2D eigenvalue weighted by molar-refractivity contribution is 5.99. The molecular formula is C28H30N4O. The molecule has 1 amide bonds. The van der Waals surface area contributed by atoms with E-state index >= 15 is 0 Å². The van der Waals surface area contributed by atoms with Gasteiger partial charge in [-0.25, -0.2) is 9.97 Å². The Morgan fingerprint density at radius 2 is 1.85 bits per heavy atom. The summed E-state index contributed by atoms with van der Waals surface area (Å²) in [5, 5.41) is 2.56. The molecule has 3 aliphatic rings. The van der Waals surface area contributed by atoms with E-state index in [1.807, 2.05) is 4.90 Å². The first-order valence-corrected chi connectivity index (χ1v) is 12.1. The lowest BCUT2D eigenvalue weighted by molar-refractivity contribution is -0.136. The van der Waals surface area contributed by atoms with Crippen molar-refractivity contribution in [2.24, 2.45) is 5.41 Å². The minimum Gasteiger partial charge on any atom is -0.340 e. The van der Waals surface area contributed by atoms with Crippen LogP contribution in [-0.4, -0.2) is 47.0 Å². The number of carbonyl (C=O) groups excluding carboxylic acids is 1.